The number of hydrogen-bond donors (Lipinski definition) is 0. The van der Waals surface area contributed by atoms with Gasteiger partial charge in [0.1, 0.15) is 0 Å². The highest BCUT2D eigenvalue weighted by atomic mass is 16.5. The molecule has 112 valence electrons. The molecule has 1 atom stereocenters. The van der Waals surface area contributed by atoms with Crippen LogP contribution in [0, 0.1) is 11.8 Å². The molecule has 0 aromatic heterocycles. The molecule has 1 heterocycles. The highest BCUT2D eigenvalue weighted by Gasteiger charge is 2.21. The normalized spacial score (nSPS) is 18.6. The fourth-order valence-corrected chi connectivity index (χ4v) is 2.58. The van der Waals surface area contributed by atoms with Crippen molar-refractivity contribution < 1.29 is 9.53 Å². The van der Waals surface area contributed by atoms with Crippen LogP contribution in [-0.2, 0) is 9.53 Å². The molecule has 0 aliphatic carbocycles. The Hall–Kier alpha value is -1.79. The van der Waals surface area contributed by atoms with Crippen molar-refractivity contribution in [1.82, 2.24) is 4.90 Å². The maximum Gasteiger partial charge on any atom is 0.307 e. The van der Waals surface area contributed by atoms with Gasteiger partial charge in [-0.05, 0) is 44.9 Å². The summed E-state index contributed by atoms with van der Waals surface area (Å²) in [6.45, 7) is 4.06. The second-order valence-electron chi connectivity index (χ2n) is 5.24. The molecule has 0 saturated carbocycles. The molecule has 0 bridgehead atoms. The number of nitrogens with zero attached hydrogens (tertiary/aromatic N) is 1. The van der Waals surface area contributed by atoms with E-state index in [1.54, 1.807) is 0 Å². The summed E-state index contributed by atoms with van der Waals surface area (Å²) in [6, 6.07) is 10.3. The molecule has 0 spiro atoms. The Kier molecular flexibility index (Phi) is 6.30. The molecule has 1 aromatic carbocycles. The van der Waals surface area contributed by atoms with Crippen LogP contribution in [0.3, 0.4) is 0 Å². The second kappa shape index (κ2) is 8.49. The number of ether oxygens (including phenoxy) is 1. The summed E-state index contributed by atoms with van der Waals surface area (Å²) < 4.78 is 5.00. The van der Waals surface area contributed by atoms with E-state index < -0.39 is 0 Å². The number of rotatable bonds is 4. The van der Waals surface area contributed by atoms with Gasteiger partial charge in [-0.15, -0.1) is 0 Å². The van der Waals surface area contributed by atoms with Gasteiger partial charge in [-0.2, -0.15) is 0 Å². The predicted octanol–water partition coefficient (Wildman–Crippen LogP) is 2.85. The summed E-state index contributed by atoms with van der Waals surface area (Å²) >= 11 is 0. The van der Waals surface area contributed by atoms with Gasteiger partial charge in [0.15, 0.2) is 0 Å². The Balaban J connectivity index is 1.93. The minimum atomic E-state index is -0.113. The van der Waals surface area contributed by atoms with E-state index >= 15 is 0 Å². The number of piperidine rings is 1. The molecular weight excluding hydrogens is 262 g/mol. The van der Waals surface area contributed by atoms with Crippen molar-refractivity contribution in [2.24, 2.45) is 0 Å². The number of carbonyl (C=O) groups excluding carboxylic acids is 1. The second-order valence-corrected chi connectivity index (χ2v) is 5.24. The van der Waals surface area contributed by atoms with Crippen molar-refractivity contribution in [3.05, 3.63) is 35.9 Å². The molecule has 1 saturated heterocycles. The standard InChI is InChI=1S/C18H23NO2/c1-2-21-18(20)13-15-19-14-7-6-10-17(19)12-11-16-8-4-3-5-9-16/h3-5,8-9,17H,2,6-7,10,13-15H2,1H3/t17-/m1/s1. The van der Waals surface area contributed by atoms with Crippen LogP contribution in [0.1, 0.15) is 38.2 Å². The lowest BCUT2D eigenvalue weighted by molar-refractivity contribution is -0.143. The van der Waals surface area contributed by atoms with Crippen LogP contribution < -0.4 is 0 Å². The van der Waals surface area contributed by atoms with Gasteiger partial charge in [0.2, 0.25) is 0 Å². The van der Waals surface area contributed by atoms with Gasteiger partial charge in [0.25, 0.3) is 0 Å². The molecule has 3 heteroatoms. The van der Waals surface area contributed by atoms with Gasteiger partial charge < -0.3 is 4.74 Å². The quantitative estimate of drug-likeness (QED) is 0.629. The Morgan fingerprint density at radius 1 is 1.33 bits per heavy atom. The smallest absolute Gasteiger partial charge is 0.307 e. The largest absolute Gasteiger partial charge is 0.466 e. The molecular formula is C18H23NO2. The van der Waals surface area contributed by atoms with Gasteiger partial charge in [-0.3, -0.25) is 9.69 Å². The van der Waals surface area contributed by atoms with Gasteiger partial charge in [-0.25, -0.2) is 0 Å². The van der Waals surface area contributed by atoms with Gasteiger partial charge in [0.05, 0.1) is 19.1 Å². The van der Waals surface area contributed by atoms with Crippen LogP contribution in [0.15, 0.2) is 30.3 Å². The summed E-state index contributed by atoms with van der Waals surface area (Å²) in [4.78, 5) is 13.8. The van der Waals surface area contributed by atoms with E-state index in [2.05, 4.69) is 16.7 Å². The Morgan fingerprint density at radius 2 is 2.14 bits per heavy atom. The Labute approximate surface area is 127 Å². The highest BCUT2D eigenvalue weighted by Crippen LogP contribution is 2.17. The average molecular weight is 285 g/mol. The van der Waals surface area contributed by atoms with Crippen LogP contribution in [0.5, 0.6) is 0 Å². The lowest BCUT2D eigenvalue weighted by Gasteiger charge is -2.32. The van der Waals surface area contributed by atoms with E-state index in [1.807, 2.05) is 37.3 Å². The summed E-state index contributed by atoms with van der Waals surface area (Å²) in [5.41, 5.74) is 1.05. The van der Waals surface area contributed by atoms with Crippen molar-refractivity contribution in [2.45, 2.75) is 38.6 Å². The molecule has 0 N–H and O–H groups in total. The van der Waals surface area contributed by atoms with Crippen molar-refractivity contribution in [1.29, 1.82) is 0 Å². The molecule has 2 rings (SSSR count). The molecule has 0 unspecified atom stereocenters. The lowest BCUT2D eigenvalue weighted by Crippen LogP contribution is -2.40. The van der Waals surface area contributed by atoms with Crippen molar-refractivity contribution in [2.75, 3.05) is 19.7 Å². The van der Waals surface area contributed by atoms with E-state index in [9.17, 15) is 4.79 Å². The fourth-order valence-electron chi connectivity index (χ4n) is 2.58. The first kappa shape index (κ1) is 15.6. The number of benzene rings is 1. The fraction of sp³-hybridized carbons (Fsp3) is 0.500. The Morgan fingerprint density at radius 3 is 2.90 bits per heavy atom. The van der Waals surface area contributed by atoms with Crippen molar-refractivity contribution in [3.63, 3.8) is 0 Å². The van der Waals surface area contributed by atoms with E-state index in [-0.39, 0.29) is 12.0 Å². The summed E-state index contributed by atoms with van der Waals surface area (Å²) in [5.74, 6) is 6.50. The summed E-state index contributed by atoms with van der Waals surface area (Å²) in [7, 11) is 0. The lowest BCUT2D eigenvalue weighted by atomic mass is 10.0. The first-order chi connectivity index (χ1) is 10.3. The third-order valence-electron chi connectivity index (χ3n) is 3.68. The zero-order chi connectivity index (χ0) is 14.9. The maximum atomic E-state index is 11.5. The Bertz CT molecular complexity index is 501. The van der Waals surface area contributed by atoms with Crippen LogP contribution in [-0.4, -0.2) is 36.6 Å². The zero-order valence-electron chi connectivity index (χ0n) is 12.7. The molecule has 1 aromatic rings. The number of hydrogen-bond acceptors (Lipinski definition) is 3. The number of esters is 1. The van der Waals surface area contributed by atoms with Gasteiger partial charge >= 0.3 is 5.97 Å². The summed E-state index contributed by atoms with van der Waals surface area (Å²) in [5, 5.41) is 0. The van der Waals surface area contributed by atoms with E-state index in [0.717, 1.165) is 25.1 Å². The van der Waals surface area contributed by atoms with E-state index in [0.29, 0.717) is 13.0 Å². The predicted molar refractivity (Wildman–Crippen MR) is 83.8 cm³/mol. The zero-order valence-corrected chi connectivity index (χ0v) is 12.7. The number of carbonyl (C=O) groups is 1. The molecule has 21 heavy (non-hydrogen) atoms. The molecule has 0 radical (unpaired) electrons. The monoisotopic (exact) mass is 285 g/mol. The molecule has 0 amide bonds. The topological polar surface area (TPSA) is 29.5 Å². The van der Waals surface area contributed by atoms with Crippen molar-refractivity contribution in [3.8, 4) is 11.8 Å². The van der Waals surface area contributed by atoms with Crippen molar-refractivity contribution >= 4 is 5.97 Å². The minimum Gasteiger partial charge on any atom is -0.466 e. The third-order valence-corrected chi connectivity index (χ3v) is 3.68. The van der Waals surface area contributed by atoms with Crippen LogP contribution in [0.4, 0.5) is 0 Å². The van der Waals surface area contributed by atoms with Crippen LogP contribution in [0.2, 0.25) is 0 Å². The van der Waals surface area contributed by atoms with E-state index in [4.69, 9.17) is 4.74 Å². The molecule has 1 fully saturated rings. The van der Waals surface area contributed by atoms with Crippen LogP contribution >= 0.6 is 0 Å². The van der Waals surface area contributed by atoms with Crippen LogP contribution in [0.25, 0.3) is 0 Å². The first-order valence-electron chi connectivity index (χ1n) is 7.76. The molecule has 3 nitrogen and oxygen atoms in total. The minimum absolute atomic E-state index is 0.113. The molecule has 1 aliphatic rings. The van der Waals surface area contributed by atoms with Gasteiger partial charge in [-0.1, -0.05) is 30.0 Å². The first-order valence-corrected chi connectivity index (χ1v) is 7.76. The molecule has 1 aliphatic heterocycles. The van der Waals surface area contributed by atoms with Gasteiger partial charge in [0, 0.05) is 12.1 Å². The highest BCUT2D eigenvalue weighted by molar-refractivity contribution is 5.69. The third kappa shape index (κ3) is 5.24. The maximum absolute atomic E-state index is 11.5. The number of likely N-dealkylation sites (tertiary alicyclic amines) is 1. The van der Waals surface area contributed by atoms with E-state index in [1.165, 1.54) is 12.8 Å². The average Bonchev–Trinajstić information content (AvgIpc) is 2.53. The summed E-state index contributed by atoms with van der Waals surface area (Å²) in [6.07, 6.45) is 3.94. The SMILES string of the molecule is CCOC(=O)CCN1CCCC[C@@H]1C#Cc1ccccc1.